The highest BCUT2D eigenvalue weighted by atomic mass is 16.1. The van der Waals surface area contributed by atoms with Crippen LogP contribution in [0.5, 0.6) is 0 Å². The van der Waals surface area contributed by atoms with E-state index in [0.29, 0.717) is 6.54 Å². The van der Waals surface area contributed by atoms with Gasteiger partial charge in [-0.25, -0.2) is 0 Å². The summed E-state index contributed by atoms with van der Waals surface area (Å²) in [5, 5.41) is 2.43. The van der Waals surface area contributed by atoms with E-state index in [-0.39, 0.29) is 0 Å². The van der Waals surface area contributed by atoms with Crippen molar-refractivity contribution in [2.24, 2.45) is 0 Å². The van der Waals surface area contributed by atoms with Crippen molar-refractivity contribution >= 4 is 17.2 Å². The lowest BCUT2D eigenvalue weighted by Crippen LogP contribution is -2.14. The second-order valence-electron chi connectivity index (χ2n) is 3.66. The first kappa shape index (κ1) is 13.2. The molecule has 90 valence electrons. The van der Waals surface area contributed by atoms with Crippen LogP contribution in [0.15, 0.2) is 42.5 Å². The summed E-state index contributed by atoms with van der Waals surface area (Å²) in [6.45, 7) is 4.66. The molecule has 0 heterocycles. The zero-order chi connectivity index (χ0) is 12.7. The van der Waals surface area contributed by atoms with Gasteiger partial charge in [-0.2, -0.15) is 0 Å². The van der Waals surface area contributed by atoms with Crippen molar-refractivity contribution in [1.82, 2.24) is 4.90 Å². The molecule has 0 bridgehead atoms. The molecule has 0 aliphatic carbocycles. The van der Waals surface area contributed by atoms with E-state index in [4.69, 9.17) is 0 Å². The normalized spacial score (nSPS) is 9.35. The molecule has 2 aromatic rings. The number of carbonyl (C=O) groups is 1. The third-order valence-electron chi connectivity index (χ3n) is 2.48. The Morgan fingerprint density at radius 3 is 2.41 bits per heavy atom. The van der Waals surface area contributed by atoms with Gasteiger partial charge >= 0.3 is 0 Å². The van der Waals surface area contributed by atoms with Gasteiger partial charge < -0.3 is 4.90 Å². The van der Waals surface area contributed by atoms with Gasteiger partial charge in [-0.05, 0) is 16.3 Å². The number of rotatable bonds is 3. The van der Waals surface area contributed by atoms with Crippen molar-refractivity contribution in [2.75, 3.05) is 7.05 Å². The first-order valence-electron chi connectivity index (χ1n) is 5.93. The van der Waals surface area contributed by atoms with Crippen molar-refractivity contribution in [2.45, 2.75) is 20.4 Å². The summed E-state index contributed by atoms with van der Waals surface area (Å²) in [6.07, 6.45) is 0.849. The van der Waals surface area contributed by atoms with E-state index in [0.717, 1.165) is 6.41 Å². The molecule has 0 unspecified atom stereocenters. The molecule has 0 aromatic heterocycles. The summed E-state index contributed by atoms with van der Waals surface area (Å²) < 4.78 is 0. The third-order valence-corrected chi connectivity index (χ3v) is 2.48. The Morgan fingerprint density at radius 2 is 1.71 bits per heavy atom. The second kappa shape index (κ2) is 6.69. The lowest BCUT2D eigenvalue weighted by atomic mass is 10.0. The van der Waals surface area contributed by atoms with Gasteiger partial charge in [0.25, 0.3) is 0 Å². The first-order chi connectivity index (χ1) is 8.31. The predicted octanol–water partition coefficient (Wildman–Crippen LogP) is 3.45. The third kappa shape index (κ3) is 3.31. The molecule has 17 heavy (non-hydrogen) atoms. The fourth-order valence-electron chi connectivity index (χ4n) is 1.74. The molecule has 0 saturated heterocycles. The van der Waals surface area contributed by atoms with Gasteiger partial charge in [-0.3, -0.25) is 4.79 Å². The van der Waals surface area contributed by atoms with E-state index in [1.54, 1.807) is 11.9 Å². The Labute approximate surface area is 103 Å². The highest BCUT2D eigenvalue weighted by Crippen LogP contribution is 2.19. The fourth-order valence-corrected chi connectivity index (χ4v) is 1.74. The Balaban J connectivity index is 0.000000686. The number of hydrogen-bond acceptors (Lipinski definition) is 1. The molecular weight excluding hydrogens is 210 g/mol. The van der Waals surface area contributed by atoms with Crippen LogP contribution in [0, 0.1) is 0 Å². The van der Waals surface area contributed by atoms with Gasteiger partial charge in [-0.15, -0.1) is 0 Å². The van der Waals surface area contributed by atoms with E-state index in [1.807, 2.05) is 32.0 Å². The van der Waals surface area contributed by atoms with Gasteiger partial charge in [0.2, 0.25) is 6.41 Å². The quantitative estimate of drug-likeness (QED) is 0.738. The van der Waals surface area contributed by atoms with E-state index in [9.17, 15) is 4.79 Å². The van der Waals surface area contributed by atoms with Crippen LogP contribution < -0.4 is 0 Å². The zero-order valence-corrected chi connectivity index (χ0v) is 10.7. The number of amides is 1. The first-order valence-corrected chi connectivity index (χ1v) is 5.93. The molecule has 0 fully saturated rings. The number of fused-ring (bicyclic) bond motifs is 1. The largest absolute Gasteiger partial charge is 0.344 e. The van der Waals surface area contributed by atoms with E-state index in [2.05, 4.69) is 24.3 Å². The van der Waals surface area contributed by atoms with Gasteiger partial charge in [-0.1, -0.05) is 56.3 Å². The number of nitrogens with zero attached hydrogens (tertiary/aromatic N) is 1. The molecule has 2 nitrogen and oxygen atoms in total. The second-order valence-corrected chi connectivity index (χ2v) is 3.66. The number of carbonyl (C=O) groups excluding carboxylic acids is 1. The van der Waals surface area contributed by atoms with Crippen LogP contribution in [0.3, 0.4) is 0 Å². The molecule has 0 radical (unpaired) electrons. The zero-order valence-electron chi connectivity index (χ0n) is 10.7. The highest BCUT2D eigenvalue weighted by Gasteiger charge is 2.01. The number of hydrogen-bond donors (Lipinski definition) is 0. The van der Waals surface area contributed by atoms with Crippen LogP contribution in [0.2, 0.25) is 0 Å². The monoisotopic (exact) mass is 229 g/mol. The maximum atomic E-state index is 10.6. The molecular formula is C15H19NO. The molecule has 0 spiro atoms. The summed E-state index contributed by atoms with van der Waals surface area (Å²) in [4.78, 5) is 12.2. The molecule has 2 aromatic carbocycles. The molecule has 2 rings (SSSR count). The van der Waals surface area contributed by atoms with Crippen molar-refractivity contribution in [3.8, 4) is 0 Å². The van der Waals surface area contributed by atoms with Crippen LogP contribution in [0.1, 0.15) is 19.4 Å². The molecule has 0 aliphatic heterocycles. The van der Waals surface area contributed by atoms with Gasteiger partial charge in [0.15, 0.2) is 0 Å². The molecule has 1 amide bonds. The summed E-state index contributed by atoms with van der Waals surface area (Å²) in [7, 11) is 1.79. The summed E-state index contributed by atoms with van der Waals surface area (Å²) in [5.41, 5.74) is 1.18. The van der Waals surface area contributed by atoms with Gasteiger partial charge in [0, 0.05) is 13.6 Å². The smallest absolute Gasteiger partial charge is 0.209 e. The fraction of sp³-hybridized carbons (Fsp3) is 0.267. The van der Waals surface area contributed by atoms with Gasteiger partial charge in [0.1, 0.15) is 0 Å². The lowest BCUT2D eigenvalue weighted by Gasteiger charge is -2.12. The van der Waals surface area contributed by atoms with Crippen LogP contribution in [0.4, 0.5) is 0 Å². The Kier molecular flexibility index (Phi) is 5.21. The Morgan fingerprint density at radius 1 is 1.06 bits per heavy atom. The Hall–Kier alpha value is -1.83. The SMILES string of the molecule is CC.CN(C=O)Cc1cccc2ccccc12. The minimum absolute atomic E-state index is 0.658. The minimum atomic E-state index is 0.658. The molecule has 0 atom stereocenters. The average Bonchev–Trinajstić information content (AvgIpc) is 2.41. The molecule has 0 aliphatic rings. The van der Waals surface area contributed by atoms with Crippen LogP contribution >= 0.6 is 0 Å². The maximum absolute atomic E-state index is 10.6. The maximum Gasteiger partial charge on any atom is 0.209 e. The summed E-state index contributed by atoms with van der Waals surface area (Å²) in [5.74, 6) is 0. The molecule has 0 saturated carbocycles. The topological polar surface area (TPSA) is 20.3 Å². The van der Waals surface area contributed by atoms with Crippen LogP contribution in [-0.2, 0) is 11.3 Å². The van der Waals surface area contributed by atoms with E-state index in [1.165, 1.54) is 16.3 Å². The number of benzene rings is 2. The molecule has 0 N–H and O–H groups in total. The summed E-state index contributed by atoms with van der Waals surface area (Å²) >= 11 is 0. The lowest BCUT2D eigenvalue weighted by molar-refractivity contribution is -0.117. The Bertz CT molecular complexity index is 474. The average molecular weight is 229 g/mol. The van der Waals surface area contributed by atoms with Crippen LogP contribution in [0.25, 0.3) is 10.8 Å². The van der Waals surface area contributed by atoms with Crippen molar-refractivity contribution in [3.05, 3.63) is 48.0 Å². The van der Waals surface area contributed by atoms with Crippen LogP contribution in [-0.4, -0.2) is 18.4 Å². The molecule has 2 heteroatoms. The summed E-state index contributed by atoms with van der Waals surface area (Å²) in [6, 6.07) is 14.4. The predicted molar refractivity (Wildman–Crippen MR) is 72.8 cm³/mol. The van der Waals surface area contributed by atoms with E-state index >= 15 is 0 Å². The van der Waals surface area contributed by atoms with Crippen molar-refractivity contribution in [1.29, 1.82) is 0 Å². The van der Waals surface area contributed by atoms with E-state index < -0.39 is 0 Å². The standard InChI is InChI=1S/C13H13NO.C2H6/c1-14(10-15)9-12-7-4-6-11-5-2-3-8-13(11)12;1-2/h2-8,10H,9H2,1H3;1-2H3. The highest BCUT2D eigenvalue weighted by molar-refractivity contribution is 5.85. The van der Waals surface area contributed by atoms with Crippen molar-refractivity contribution < 1.29 is 4.79 Å². The minimum Gasteiger partial charge on any atom is -0.344 e. The van der Waals surface area contributed by atoms with Gasteiger partial charge in [0.05, 0.1) is 0 Å². The van der Waals surface area contributed by atoms with Crippen molar-refractivity contribution in [3.63, 3.8) is 0 Å².